The largest absolute Gasteiger partial charge is 0.372 e. The molecule has 4 heteroatoms. The summed E-state index contributed by atoms with van der Waals surface area (Å²) in [7, 11) is 4.35. The van der Waals surface area contributed by atoms with Gasteiger partial charge in [0.25, 0.3) is 0 Å². The Morgan fingerprint density at radius 3 is 2.62 bits per heavy atom. The zero-order valence-electron chi connectivity index (χ0n) is 17.6. The van der Waals surface area contributed by atoms with Gasteiger partial charge in [-0.2, -0.15) is 0 Å². The van der Waals surface area contributed by atoms with E-state index in [4.69, 9.17) is 16.3 Å². The van der Waals surface area contributed by atoms with Gasteiger partial charge in [0, 0.05) is 27.7 Å². The van der Waals surface area contributed by atoms with Gasteiger partial charge in [0.05, 0.1) is 12.7 Å². The third-order valence-corrected chi connectivity index (χ3v) is 6.63. The van der Waals surface area contributed by atoms with E-state index in [1.165, 1.54) is 27.7 Å². The molecule has 2 heterocycles. The Morgan fingerprint density at radius 1 is 1.14 bits per heavy atom. The maximum absolute atomic E-state index is 6.23. The number of nitrogens with zero attached hydrogens (tertiary/aromatic N) is 1. The predicted octanol–water partition coefficient (Wildman–Crippen LogP) is 6.54. The Balaban J connectivity index is 1.53. The lowest BCUT2D eigenvalue weighted by Gasteiger charge is -2.34. The van der Waals surface area contributed by atoms with Crippen LogP contribution in [0.1, 0.15) is 55.2 Å². The second-order valence-corrected chi connectivity index (χ2v) is 8.81. The van der Waals surface area contributed by atoms with Gasteiger partial charge in [-0.1, -0.05) is 55.3 Å². The minimum Gasteiger partial charge on any atom is -0.372 e. The highest BCUT2D eigenvalue weighted by molar-refractivity contribution is 6.30. The van der Waals surface area contributed by atoms with Gasteiger partial charge in [-0.15, -0.1) is 0 Å². The second-order valence-electron chi connectivity index (χ2n) is 8.38. The van der Waals surface area contributed by atoms with E-state index in [2.05, 4.69) is 67.3 Å². The lowest BCUT2D eigenvalue weighted by atomic mass is 9.85. The zero-order valence-corrected chi connectivity index (χ0v) is 18.4. The molecule has 3 nitrogen and oxygen atoms in total. The third kappa shape index (κ3) is 4.23. The van der Waals surface area contributed by atoms with Crippen molar-refractivity contribution in [3.63, 3.8) is 0 Å². The first-order chi connectivity index (χ1) is 14.1. The summed E-state index contributed by atoms with van der Waals surface area (Å²) >= 11 is 6.12. The molecule has 0 fully saturated rings. The molecule has 3 atom stereocenters. The number of ether oxygens (including phenoxy) is 1. The fourth-order valence-electron chi connectivity index (χ4n) is 4.98. The fourth-order valence-corrected chi connectivity index (χ4v) is 5.11. The van der Waals surface area contributed by atoms with E-state index >= 15 is 0 Å². The minimum atomic E-state index is 0.160. The molecule has 0 spiro atoms. The van der Waals surface area contributed by atoms with Crippen LogP contribution < -0.4 is 0 Å². The van der Waals surface area contributed by atoms with Gasteiger partial charge in [0.15, 0.2) is 0 Å². The van der Waals surface area contributed by atoms with Crippen molar-refractivity contribution in [2.75, 3.05) is 20.7 Å². The molecule has 0 saturated carbocycles. The van der Waals surface area contributed by atoms with E-state index in [1.54, 1.807) is 0 Å². The number of hydrogen-bond donors (Lipinski definition) is 1. The molecule has 4 rings (SSSR count). The summed E-state index contributed by atoms with van der Waals surface area (Å²) < 4.78 is 6.23. The van der Waals surface area contributed by atoms with Gasteiger partial charge in [-0.05, 0) is 68.6 Å². The molecule has 0 saturated heterocycles. The summed E-state index contributed by atoms with van der Waals surface area (Å²) in [4.78, 5) is 5.99. The van der Waals surface area contributed by atoms with Gasteiger partial charge in [-0.25, -0.2) is 0 Å². The van der Waals surface area contributed by atoms with Crippen LogP contribution in [-0.4, -0.2) is 30.6 Å². The van der Waals surface area contributed by atoms with E-state index in [0.29, 0.717) is 12.0 Å². The third-order valence-electron chi connectivity index (χ3n) is 6.38. The molecule has 0 aliphatic carbocycles. The number of para-hydroxylation sites is 1. The Hall–Kier alpha value is -1.81. The van der Waals surface area contributed by atoms with Crippen LogP contribution in [0.5, 0.6) is 0 Å². The van der Waals surface area contributed by atoms with Crippen LogP contribution in [0.2, 0.25) is 5.02 Å². The van der Waals surface area contributed by atoms with Crippen LogP contribution in [0.3, 0.4) is 0 Å². The lowest BCUT2D eigenvalue weighted by molar-refractivity contribution is 0.0265. The van der Waals surface area contributed by atoms with E-state index in [0.717, 1.165) is 37.3 Å². The average Bonchev–Trinajstić information content (AvgIpc) is 3.11. The number of rotatable bonds is 7. The first kappa shape index (κ1) is 20.5. The Morgan fingerprint density at radius 2 is 1.90 bits per heavy atom. The molecular formula is C25H31ClN2O. The molecule has 154 valence electrons. The van der Waals surface area contributed by atoms with Gasteiger partial charge in [0.1, 0.15) is 0 Å². The van der Waals surface area contributed by atoms with Crippen molar-refractivity contribution >= 4 is 22.5 Å². The van der Waals surface area contributed by atoms with Gasteiger partial charge < -0.3 is 14.6 Å². The van der Waals surface area contributed by atoms with Crippen molar-refractivity contribution < 1.29 is 4.74 Å². The average molecular weight is 411 g/mol. The fraction of sp³-hybridized carbons (Fsp3) is 0.440. The maximum Gasteiger partial charge on any atom is 0.0975 e. The topological polar surface area (TPSA) is 28.3 Å². The second kappa shape index (κ2) is 8.91. The van der Waals surface area contributed by atoms with Crippen LogP contribution in [0.4, 0.5) is 0 Å². The molecule has 0 bridgehead atoms. The predicted molar refractivity (Wildman–Crippen MR) is 122 cm³/mol. The highest BCUT2D eigenvalue weighted by Crippen LogP contribution is 2.39. The molecular weight excluding hydrogens is 380 g/mol. The molecule has 0 amide bonds. The molecule has 1 aliphatic rings. The minimum absolute atomic E-state index is 0.160. The van der Waals surface area contributed by atoms with Crippen LogP contribution in [-0.2, 0) is 11.2 Å². The summed E-state index contributed by atoms with van der Waals surface area (Å²) in [6.45, 7) is 3.11. The van der Waals surface area contributed by atoms with Crippen LogP contribution in [0.25, 0.3) is 10.9 Å². The van der Waals surface area contributed by atoms with Crippen molar-refractivity contribution in [3.05, 3.63) is 70.4 Å². The first-order valence-electron chi connectivity index (χ1n) is 10.7. The molecule has 29 heavy (non-hydrogen) atoms. The normalized spacial score (nSPS) is 18.7. The maximum atomic E-state index is 6.23. The van der Waals surface area contributed by atoms with Crippen LogP contribution in [0, 0.1) is 5.92 Å². The van der Waals surface area contributed by atoms with Crippen molar-refractivity contribution in [2.24, 2.45) is 5.92 Å². The summed E-state index contributed by atoms with van der Waals surface area (Å²) in [5, 5.41) is 2.15. The number of halogens is 1. The van der Waals surface area contributed by atoms with Crippen molar-refractivity contribution in [1.29, 1.82) is 0 Å². The monoisotopic (exact) mass is 410 g/mol. The zero-order chi connectivity index (χ0) is 20.4. The van der Waals surface area contributed by atoms with E-state index in [1.807, 2.05) is 12.1 Å². The summed E-state index contributed by atoms with van der Waals surface area (Å²) in [6, 6.07) is 17.3. The number of benzene rings is 2. The van der Waals surface area contributed by atoms with E-state index in [-0.39, 0.29) is 6.10 Å². The molecule has 1 N–H and O–H groups in total. The number of aromatic nitrogens is 1. The smallest absolute Gasteiger partial charge is 0.0975 e. The lowest BCUT2D eigenvalue weighted by Crippen LogP contribution is -2.28. The molecule has 2 aromatic carbocycles. The number of hydrogen-bond acceptors (Lipinski definition) is 2. The Kier molecular flexibility index (Phi) is 6.29. The molecule has 3 aromatic rings. The van der Waals surface area contributed by atoms with Gasteiger partial charge >= 0.3 is 0 Å². The van der Waals surface area contributed by atoms with Crippen molar-refractivity contribution in [3.8, 4) is 0 Å². The summed E-state index contributed by atoms with van der Waals surface area (Å²) in [5.41, 5.74) is 5.31. The van der Waals surface area contributed by atoms with Crippen LogP contribution >= 0.6 is 11.6 Å². The molecule has 3 unspecified atom stereocenters. The Bertz CT molecular complexity index is 947. The van der Waals surface area contributed by atoms with Crippen molar-refractivity contribution in [2.45, 2.75) is 44.8 Å². The number of aromatic amines is 1. The first-order valence-corrected chi connectivity index (χ1v) is 11.1. The van der Waals surface area contributed by atoms with E-state index in [9.17, 15) is 0 Å². The highest BCUT2D eigenvalue weighted by atomic mass is 35.5. The molecule has 0 radical (unpaired) electrons. The summed E-state index contributed by atoms with van der Waals surface area (Å²) in [6.07, 6.45) is 4.46. The summed E-state index contributed by atoms with van der Waals surface area (Å²) in [5.74, 6) is 0.560. The quantitative estimate of drug-likeness (QED) is 0.478. The SMILES string of the molecule is CCC(CCC1OCCc2c1[nH]c1ccccc21)C(c1ccc(Cl)cc1)N(C)C. The highest BCUT2D eigenvalue weighted by Gasteiger charge is 2.28. The molecule has 1 aliphatic heterocycles. The van der Waals surface area contributed by atoms with Gasteiger partial charge in [-0.3, -0.25) is 0 Å². The van der Waals surface area contributed by atoms with Gasteiger partial charge in [0.2, 0.25) is 0 Å². The Labute approximate surface area is 179 Å². The number of H-pyrrole nitrogens is 1. The standard InChI is InChI=1S/C25H31ClN2O/c1-4-17(25(28(2)3)18-9-12-19(26)13-10-18)11-14-23-24-21(15-16-29-23)20-7-5-6-8-22(20)27-24/h5-10,12-13,17,23,25,27H,4,11,14-16H2,1-3H3. The number of fused-ring (bicyclic) bond motifs is 3. The van der Waals surface area contributed by atoms with Crippen molar-refractivity contribution in [1.82, 2.24) is 9.88 Å². The number of nitrogens with one attached hydrogen (secondary N) is 1. The van der Waals surface area contributed by atoms with E-state index < -0.39 is 0 Å². The van der Waals surface area contributed by atoms with Crippen LogP contribution in [0.15, 0.2) is 48.5 Å². The molecule has 1 aromatic heterocycles.